The van der Waals surface area contributed by atoms with Gasteiger partial charge in [0.2, 0.25) is 5.91 Å². The summed E-state index contributed by atoms with van der Waals surface area (Å²) in [5.41, 5.74) is 11.7. The molecule has 1 aliphatic carbocycles. The number of carbonyl (C=O) groups excluding carboxylic acids is 1. The van der Waals surface area contributed by atoms with Gasteiger partial charge in [-0.2, -0.15) is 0 Å². The van der Waals surface area contributed by atoms with Crippen LogP contribution in [0.5, 0.6) is 11.5 Å². The fraction of sp³-hybridized carbons (Fsp3) is 0.345. The summed E-state index contributed by atoms with van der Waals surface area (Å²) in [6.45, 7) is 4.27. The van der Waals surface area contributed by atoms with Crippen LogP contribution in [0, 0.1) is 5.92 Å². The van der Waals surface area contributed by atoms with Crippen molar-refractivity contribution >= 4 is 34.8 Å². The van der Waals surface area contributed by atoms with Crippen LogP contribution in [0.3, 0.4) is 0 Å². The van der Waals surface area contributed by atoms with Crippen LogP contribution in [0.25, 0.3) is 11.1 Å². The number of benzene rings is 3. The van der Waals surface area contributed by atoms with E-state index >= 15 is 0 Å². The molecule has 0 aliphatic heterocycles. The summed E-state index contributed by atoms with van der Waals surface area (Å²) in [6, 6.07) is 15.4. The molecule has 0 spiro atoms. The van der Waals surface area contributed by atoms with Gasteiger partial charge in [-0.05, 0) is 47.6 Å². The van der Waals surface area contributed by atoms with Crippen LogP contribution in [0.1, 0.15) is 43.1 Å². The Kier molecular flexibility index (Phi) is 8.53. The molecule has 4 N–H and O–H groups in total. The third-order valence-corrected chi connectivity index (χ3v) is 7.57. The normalized spacial score (nSPS) is 15.4. The van der Waals surface area contributed by atoms with E-state index in [1.807, 2.05) is 57.3 Å². The molecule has 0 radical (unpaired) electrons. The second-order valence-electron chi connectivity index (χ2n) is 9.54. The fourth-order valence-electron chi connectivity index (χ4n) is 4.96. The van der Waals surface area contributed by atoms with Crippen LogP contribution >= 0.6 is 23.2 Å². The number of methoxy groups -OCH3 is 1. The van der Waals surface area contributed by atoms with E-state index in [4.69, 9.17) is 38.4 Å². The van der Waals surface area contributed by atoms with Crippen molar-refractivity contribution in [2.45, 2.75) is 45.4 Å². The van der Waals surface area contributed by atoms with Crippen molar-refractivity contribution in [3.63, 3.8) is 0 Å². The van der Waals surface area contributed by atoms with Crippen LogP contribution in [-0.2, 0) is 17.8 Å². The number of ether oxygens (including phenoxy) is 2. The molecular formula is C29H33Cl2N3O3. The van der Waals surface area contributed by atoms with Crippen LogP contribution in [0.4, 0.5) is 5.69 Å². The lowest BCUT2D eigenvalue weighted by atomic mass is 9.96. The van der Waals surface area contributed by atoms with Gasteiger partial charge < -0.3 is 25.8 Å². The number of nitrogens with two attached hydrogens (primary N) is 1. The molecule has 37 heavy (non-hydrogen) atoms. The molecule has 0 fully saturated rings. The molecule has 2 unspecified atom stereocenters. The third-order valence-electron chi connectivity index (χ3n) is 6.86. The summed E-state index contributed by atoms with van der Waals surface area (Å²) in [5.74, 6) is 0.848. The zero-order valence-electron chi connectivity index (χ0n) is 21.5. The van der Waals surface area contributed by atoms with E-state index in [0.717, 1.165) is 40.8 Å². The van der Waals surface area contributed by atoms with E-state index in [-0.39, 0.29) is 12.0 Å². The molecule has 3 aromatic rings. The number of hydrogen-bond donors (Lipinski definition) is 3. The minimum Gasteiger partial charge on any atom is -0.496 e. The highest BCUT2D eigenvalue weighted by atomic mass is 35.5. The fourth-order valence-corrected chi connectivity index (χ4v) is 5.51. The Morgan fingerprint density at radius 3 is 2.51 bits per heavy atom. The summed E-state index contributed by atoms with van der Waals surface area (Å²) >= 11 is 13.4. The van der Waals surface area contributed by atoms with Crippen molar-refractivity contribution in [1.82, 2.24) is 5.32 Å². The predicted octanol–water partition coefficient (Wildman–Crippen LogP) is 6.38. The Morgan fingerprint density at radius 1 is 1.11 bits per heavy atom. The SMILES string of the molecule is CNc1cccc(-c2cccc3c2CCC3Oc2cc(OC)c(CNC(C(N)=O)C(C)C)cc2Cl)c1Cl. The second-order valence-corrected chi connectivity index (χ2v) is 10.3. The smallest absolute Gasteiger partial charge is 0.234 e. The highest BCUT2D eigenvalue weighted by molar-refractivity contribution is 6.36. The number of anilines is 1. The van der Waals surface area contributed by atoms with Crippen molar-refractivity contribution < 1.29 is 14.3 Å². The number of rotatable bonds is 10. The molecular weight excluding hydrogens is 509 g/mol. The van der Waals surface area contributed by atoms with E-state index < -0.39 is 11.9 Å². The van der Waals surface area contributed by atoms with Gasteiger partial charge in [-0.25, -0.2) is 0 Å². The molecule has 1 aliphatic rings. The Hall–Kier alpha value is -2.93. The quantitative estimate of drug-likeness (QED) is 0.277. The van der Waals surface area contributed by atoms with E-state index in [9.17, 15) is 4.79 Å². The molecule has 6 nitrogen and oxygen atoms in total. The Bertz CT molecular complexity index is 1300. The maximum Gasteiger partial charge on any atom is 0.234 e. The molecule has 0 saturated heterocycles. The zero-order valence-corrected chi connectivity index (χ0v) is 23.0. The van der Waals surface area contributed by atoms with Crippen molar-refractivity contribution in [3.05, 3.63) is 75.3 Å². The van der Waals surface area contributed by atoms with E-state index in [1.54, 1.807) is 7.11 Å². The lowest BCUT2D eigenvalue weighted by Gasteiger charge is -2.21. The van der Waals surface area contributed by atoms with E-state index in [2.05, 4.69) is 22.8 Å². The number of hydrogen-bond acceptors (Lipinski definition) is 5. The number of primary amides is 1. The topological polar surface area (TPSA) is 85.6 Å². The molecule has 3 aromatic carbocycles. The largest absolute Gasteiger partial charge is 0.496 e. The first-order valence-corrected chi connectivity index (χ1v) is 13.1. The van der Waals surface area contributed by atoms with Gasteiger partial charge in [0.1, 0.15) is 17.6 Å². The number of nitrogens with one attached hydrogen (secondary N) is 2. The van der Waals surface area contributed by atoms with Gasteiger partial charge in [0.15, 0.2) is 0 Å². The van der Waals surface area contributed by atoms with Crippen LogP contribution in [0.15, 0.2) is 48.5 Å². The van der Waals surface area contributed by atoms with Crippen molar-refractivity contribution in [3.8, 4) is 22.6 Å². The number of amides is 1. The maximum absolute atomic E-state index is 11.8. The maximum atomic E-state index is 11.8. The Morgan fingerprint density at radius 2 is 1.84 bits per heavy atom. The van der Waals surface area contributed by atoms with Gasteiger partial charge in [-0.15, -0.1) is 0 Å². The van der Waals surface area contributed by atoms with E-state index in [1.165, 1.54) is 5.56 Å². The van der Waals surface area contributed by atoms with Crippen LogP contribution < -0.4 is 25.8 Å². The molecule has 4 rings (SSSR count). The second kappa shape index (κ2) is 11.6. The molecule has 0 saturated carbocycles. The summed E-state index contributed by atoms with van der Waals surface area (Å²) < 4.78 is 12.1. The highest BCUT2D eigenvalue weighted by Gasteiger charge is 2.28. The van der Waals surface area contributed by atoms with Gasteiger partial charge in [0.25, 0.3) is 0 Å². The number of halogens is 2. The highest BCUT2D eigenvalue weighted by Crippen LogP contribution is 2.44. The van der Waals surface area contributed by atoms with Crippen molar-refractivity contribution in [2.24, 2.45) is 11.7 Å². The first-order chi connectivity index (χ1) is 17.7. The van der Waals surface area contributed by atoms with Gasteiger partial charge in [0, 0.05) is 30.8 Å². The monoisotopic (exact) mass is 541 g/mol. The summed E-state index contributed by atoms with van der Waals surface area (Å²) in [5, 5.41) is 7.54. The van der Waals surface area contributed by atoms with Gasteiger partial charge in [-0.1, -0.05) is 67.4 Å². The van der Waals surface area contributed by atoms with E-state index in [0.29, 0.717) is 28.1 Å². The van der Waals surface area contributed by atoms with Gasteiger partial charge in [0.05, 0.1) is 28.9 Å². The molecule has 1 amide bonds. The minimum absolute atomic E-state index is 0.0597. The van der Waals surface area contributed by atoms with Crippen LogP contribution in [-0.4, -0.2) is 26.1 Å². The number of fused-ring (bicyclic) bond motifs is 1. The summed E-state index contributed by atoms with van der Waals surface area (Å²) in [6.07, 6.45) is 1.55. The lowest BCUT2D eigenvalue weighted by Crippen LogP contribution is -2.44. The minimum atomic E-state index is -0.453. The molecule has 0 heterocycles. The summed E-state index contributed by atoms with van der Waals surface area (Å²) in [4.78, 5) is 11.8. The van der Waals surface area contributed by atoms with Crippen molar-refractivity contribution in [2.75, 3.05) is 19.5 Å². The average Bonchev–Trinajstić information content (AvgIpc) is 3.28. The molecule has 0 aromatic heterocycles. The standard InChI is InChI=1S/C29H33Cl2N3O3/c1-16(2)28(29(32)35)34-15-17-13-22(30)26(14-25(17)36-4)37-24-12-11-19-18(7-5-8-20(19)24)21-9-6-10-23(33-3)27(21)31/h5-10,13-14,16,24,28,33-34H,11-12,15H2,1-4H3,(H2,32,35). The molecule has 8 heteroatoms. The Labute approximate surface area is 228 Å². The number of carbonyl (C=O) groups is 1. The molecule has 2 atom stereocenters. The van der Waals surface area contributed by atoms with Crippen molar-refractivity contribution in [1.29, 1.82) is 0 Å². The third kappa shape index (κ3) is 5.66. The summed E-state index contributed by atoms with van der Waals surface area (Å²) in [7, 11) is 3.47. The predicted molar refractivity (Wildman–Crippen MR) is 151 cm³/mol. The average molecular weight is 543 g/mol. The molecule has 0 bridgehead atoms. The van der Waals surface area contributed by atoms with Gasteiger partial charge >= 0.3 is 0 Å². The molecule has 196 valence electrons. The van der Waals surface area contributed by atoms with Crippen LogP contribution in [0.2, 0.25) is 10.0 Å². The first kappa shape index (κ1) is 27.1. The Balaban J connectivity index is 1.59. The zero-order chi connectivity index (χ0) is 26.7. The first-order valence-electron chi connectivity index (χ1n) is 12.4. The lowest BCUT2D eigenvalue weighted by molar-refractivity contribution is -0.121. The van der Waals surface area contributed by atoms with Gasteiger partial charge in [-0.3, -0.25) is 4.79 Å².